The zero-order valence-electron chi connectivity index (χ0n) is 9.67. The van der Waals surface area contributed by atoms with E-state index in [2.05, 4.69) is 9.97 Å². The summed E-state index contributed by atoms with van der Waals surface area (Å²) in [5.74, 6) is 0.694. The summed E-state index contributed by atoms with van der Waals surface area (Å²) in [7, 11) is 1.60. The van der Waals surface area contributed by atoms with Crippen molar-refractivity contribution in [2.75, 3.05) is 0 Å². The third-order valence-electron chi connectivity index (χ3n) is 2.78. The third-order valence-corrected chi connectivity index (χ3v) is 4.13. The fraction of sp³-hybridized carbons (Fsp3) is 0. The van der Waals surface area contributed by atoms with E-state index in [9.17, 15) is 8.42 Å². The molecule has 0 unspecified atom stereocenters. The van der Waals surface area contributed by atoms with Crippen LogP contribution in [0.3, 0.4) is 0 Å². The van der Waals surface area contributed by atoms with Gasteiger partial charge < -0.3 is 4.98 Å². The quantitative estimate of drug-likeness (QED) is 0.738. The summed E-state index contributed by atoms with van der Waals surface area (Å²) in [6.45, 7) is 0. The van der Waals surface area contributed by atoms with Gasteiger partial charge in [-0.15, -0.1) is 0 Å². The van der Waals surface area contributed by atoms with Crippen molar-refractivity contribution in [3.05, 3.63) is 48.5 Å². The molecule has 4 nitrogen and oxygen atoms in total. The Morgan fingerprint density at radius 3 is 2.47 bits per heavy atom. The first-order chi connectivity index (χ1) is 9.04. The predicted molar refractivity (Wildman–Crippen MR) is 74.6 cm³/mol. The molecule has 1 aromatic heterocycles. The normalized spacial score (nSPS) is 11.8. The molecule has 0 radical (unpaired) electrons. The largest absolute Gasteiger partial charge is 0.338 e. The van der Waals surface area contributed by atoms with E-state index in [-0.39, 0.29) is 4.90 Å². The highest BCUT2D eigenvalue weighted by molar-refractivity contribution is 8.13. The lowest BCUT2D eigenvalue weighted by Gasteiger charge is -1.94. The molecule has 0 aliphatic rings. The van der Waals surface area contributed by atoms with Crippen LogP contribution in [-0.4, -0.2) is 18.4 Å². The van der Waals surface area contributed by atoms with Gasteiger partial charge in [0.2, 0.25) is 0 Å². The first kappa shape index (κ1) is 12.2. The van der Waals surface area contributed by atoms with Gasteiger partial charge in [-0.2, -0.15) is 0 Å². The monoisotopic (exact) mass is 292 g/mol. The minimum atomic E-state index is -3.73. The molecule has 0 fully saturated rings. The standard InChI is InChI=1S/C13H9ClN2O2S/c14-19(17,18)10-6-7-11-12(8-10)16-13(15-11)9-4-2-1-3-5-9/h1-8H,(H,15,16). The van der Waals surface area contributed by atoms with Crippen LogP contribution in [0, 0.1) is 0 Å². The minimum Gasteiger partial charge on any atom is -0.338 e. The number of rotatable bonds is 2. The molecule has 1 N–H and O–H groups in total. The van der Waals surface area contributed by atoms with Crippen molar-refractivity contribution in [3.63, 3.8) is 0 Å². The summed E-state index contributed by atoms with van der Waals surface area (Å²) in [4.78, 5) is 7.56. The highest BCUT2D eigenvalue weighted by Crippen LogP contribution is 2.23. The summed E-state index contributed by atoms with van der Waals surface area (Å²) in [6, 6.07) is 14.2. The molecule has 1 heterocycles. The number of H-pyrrole nitrogens is 1. The summed E-state index contributed by atoms with van der Waals surface area (Å²) in [5, 5.41) is 0. The molecule has 0 amide bonds. The number of aromatic amines is 1. The van der Waals surface area contributed by atoms with Crippen molar-refractivity contribution in [2.24, 2.45) is 0 Å². The van der Waals surface area contributed by atoms with Gasteiger partial charge in [0.25, 0.3) is 9.05 Å². The van der Waals surface area contributed by atoms with Crippen molar-refractivity contribution in [2.45, 2.75) is 4.90 Å². The lowest BCUT2D eigenvalue weighted by atomic mass is 10.2. The molecule has 0 bridgehead atoms. The number of hydrogen-bond donors (Lipinski definition) is 1. The smallest absolute Gasteiger partial charge is 0.261 e. The molecule has 2 aromatic carbocycles. The van der Waals surface area contributed by atoms with Crippen LogP contribution >= 0.6 is 10.7 Å². The number of halogens is 1. The zero-order valence-corrected chi connectivity index (χ0v) is 11.2. The van der Waals surface area contributed by atoms with E-state index in [1.165, 1.54) is 12.1 Å². The molecule has 3 aromatic rings. The number of benzene rings is 2. The van der Waals surface area contributed by atoms with Gasteiger partial charge in [0.1, 0.15) is 5.82 Å². The first-order valence-electron chi connectivity index (χ1n) is 5.54. The molecule has 0 atom stereocenters. The van der Waals surface area contributed by atoms with Gasteiger partial charge >= 0.3 is 0 Å². The fourth-order valence-corrected chi connectivity index (χ4v) is 2.65. The number of nitrogens with zero attached hydrogens (tertiary/aromatic N) is 1. The first-order valence-corrected chi connectivity index (χ1v) is 7.85. The van der Waals surface area contributed by atoms with Crippen LogP contribution in [0.1, 0.15) is 0 Å². The Hall–Kier alpha value is -1.85. The number of aromatic nitrogens is 2. The number of hydrogen-bond acceptors (Lipinski definition) is 3. The zero-order chi connectivity index (χ0) is 13.5. The molecule has 0 spiro atoms. The summed E-state index contributed by atoms with van der Waals surface area (Å²) in [5.41, 5.74) is 2.28. The lowest BCUT2D eigenvalue weighted by Crippen LogP contribution is -1.89. The van der Waals surface area contributed by atoms with Crippen molar-refractivity contribution in [1.29, 1.82) is 0 Å². The van der Waals surface area contributed by atoms with Gasteiger partial charge in [-0.3, -0.25) is 0 Å². The number of imidazole rings is 1. The van der Waals surface area contributed by atoms with Crippen LogP contribution in [-0.2, 0) is 9.05 Å². The number of fused-ring (bicyclic) bond motifs is 1. The maximum Gasteiger partial charge on any atom is 0.261 e. The molecular formula is C13H9ClN2O2S. The minimum absolute atomic E-state index is 0.0601. The SMILES string of the molecule is O=S(=O)(Cl)c1ccc2nc(-c3ccccc3)[nH]c2c1. The van der Waals surface area contributed by atoms with Crippen molar-refractivity contribution in [3.8, 4) is 11.4 Å². The Balaban J connectivity index is 2.17. The predicted octanol–water partition coefficient (Wildman–Crippen LogP) is 3.16. The van der Waals surface area contributed by atoms with E-state index in [1.807, 2.05) is 30.3 Å². The summed E-state index contributed by atoms with van der Waals surface area (Å²) in [6.07, 6.45) is 0. The molecule has 0 aliphatic carbocycles. The molecule has 0 aliphatic heterocycles. The van der Waals surface area contributed by atoms with Crippen LogP contribution in [0.4, 0.5) is 0 Å². The highest BCUT2D eigenvalue weighted by Gasteiger charge is 2.12. The Morgan fingerprint density at radius 1 is 1.05 bits per heavy atom. The Kier molecular flexibility index (Phi) is 2.80. The third kappa shape index (κ3) is 2.34. The van der Waals surface area contributed by atoms with Gasteiger partial charge in [-0.1, -0.05) is 30.3 Å². The maximum absolute atomic E-state index is 11.3. The maximum atomic E-state index is 11.3. The summed E-state index contributed by atoms with van der Waals surface area (Å²) >= 11 is 0. The van der Waals surface area contributed by atoms with E-state index < -0.39 is 9.05 Å². The van der Waals surface area contributed by atoms with Gasteiger partial charge in [0.05, 0.1) is 15.9 Å². The molecule has 3 rings (SSSR count). The van der Waals surface area contributed by atoms with E-state index >= 15 is 0 Å². The molecule has 6 heteroatoms. The van der Waals surface area contributed by atoms with Crippen LogP contribution in [0.2, 0.25) is 0 Å². The fourth-order valence-electron chi connectivity index (χ4n) is 1.87. The lowest BCUT2D eigenvalue weighted by molar-refractivity contribution is 0.609. The van der Waals surface area contributed by atoms with Crippen molar-refractivity contribution >= 4 is 30.8 Å². The molecule has 0 saturated heterocycles. The van der Waals surface area contributed by atoms with E-state index in [4.69, 9.17) is 10.7 Å². The van der Waals surface area contributed by atoms with Crippen LogP contribution in [0.5, 0.6) is 0 Å². The highest BCUT2D eigenvalue weighted by atomic mass is 35.7. The van der Waals surface area contributed by atoms with Gasteiger partial charge in [0, 0.05) is 16.2 Å². The second-order valence-electron chi connectivity index (χ2n) is 4.07. The van der Waals surface area contributed by atoms with Crippen LogP contribution in [0.25, 0.3) is 22.4 Å². The van der Waals surface area contributed by atoms with E-state index in [0.717, 1.165) is 5.56 Å². The Labute approximate surface area is 114 Å². The average Bonchev–Trinajstić information content (AvgIpc) is 2.81. The van der Waals surface area contributed by atoms with Crippen molar-refractivity contribution < 1.29 is 8.42 Å². The summed E-state index contributed by atoms with van der Waals surface area (Å²) < 4.78 is 22.6. The van der Waals surface area contributed by atoms with Crippen LogP contribution in [0.15, 0.2) is 53.4 Å². The van der Waals surface area contributed by atoms with E-state index in [1.54, 1.807) is 6.07 Å². The Bertz CT molecular complexity index is 841. The molecule has 19 heavy (non-hydrogen) atoms. The van der Waals surface area contributed by atoms with E-state index in [0.29, 0.717) is 16.9 Å². The van der Waals surface area contributed by atoms with Crippen LogP contribution < -0.4 is 0 Å². The van der Waals surface area contributed by atoms with Gasteiger partial charge in [-0.05, 0) is 18.2 Å². The second kappa shape index (κ2) is 4.36. The van der Waals surface area contributed by atoms with Gasteiger partial charge in [-0.25, -0.2) is 13.4 Å². The van der Waals surface area contributed by atoms with Gasteiger partial charge in [0.15, 0.2) is 0 Å². The average molecular weight is 293 g/mol. The molecule has 96 valence electrons. The molecular weight excluding hydrogens is 284 g/mol. The number of nitrogens with one attached hydrogen (secondary N) is 1. The van der Waals surface area contributed by atoms with Crippen molar-refractivity contribution in [1.82, 2.24) is 9.97 Å². The Morgan fingerprint density at radius 2 is 1.79 bits per heavy atom. The molecule has 0 saturated carbocycles. The second-order valence-corrected chi connectivity index (χ2v) is 6.63. The topological polar surface area (TPSA) is 62.8 Å².